The van der Waals surface area contributed by atoms with Crippen LogP contribution in [0.3, 0.4) is 0 Å². The van der Waals surface area contributed by atoms with Crippen molar-refractivity contribution in [2.75, 3.05) is 0 Å². The van der Waals surface area contributed by atoms with Crippen LogP contribution in [0.4, 0.5) is 0 Å². The molecule has 0 radical (unpaired) electrons. The van der Waals surface area contributed by atoms with Crippen LogP contribution in [0.15, 0.2) is 41.8 Å². The van der Waals surface area contributed by atoms with Gasteiger partial charge in [-0.3, -0.25) is 4.79 Å². The molecule has 2 aromatic rings. The smallest absolute Gasteiger partial charge is 0.330 e. The van der Waals surface area contributed by atoms with Crippen LogP contribution >= 0.6 is 22.9 Å². The van der Waals surface area contributed by atoms with Crippen LogP contribution in [0.1, 0.15) is 21.3 Å². The van der Waals surface area contributed by atoms with E-state index in [1.54, 1.807) is 41.8 Å². The summed E-state index contributed by atoms with van der Waals surface area (Å²) in [4.78, 5) is 23.5. The van der Waals surface area contributed by atoms with Gasteiger partial charge in [-0.1, -0.05) is 41.9 Å². The van der Waals surface area contributed by atoms with Crippen LogP contribution in [0.25, 0.3) is 0 Å². The molecule has 0 aliphatic heterocycles. The van der Waals surface area contributed by atoms with Gasteiger partial charge in [-0.15, -0.1) is 11.3 Å². The van der Waals surface area contributed by atoms with Gasteiger partial charge >= 0.3 is 5.97 Å². The Labute approximate surface area is 118 Å². The summed E-state index contributed by atoms with van der Waals surface area (Å²) in [7, 11) is 0. The Hall–Kier alpha value is -1.85. The molecule has 19 heavy (non-hydrogen) atoms. The molecule has 4 nitrogen and oxygen atoms in total. The minimum atomic E-state index is -1.12. The second-order valence-corrected chi connectivity index (χ2v) is 5.08. The molecule has 2 N–H and O–H groups in total. The molecule has 0 saturated carbocycles. The lowest BCUT2D eigenvalue weighted by molar-refractivity contribution is -0.139. The molecular formula is C13H10ClNO3S. The number of hydrogen-bond donors (Lipinski definition) is 2. The molecule has 1 heterocycles. The van der Waals surface area contributed by atoms with Gasteiger partial charge in [0.15, 0.2) is 6.04 Å². The van der Waals surface area contributed by atoms with Crippen molar-refractivity contribution in [3.05, 3.63) is 57.2 Å². The normalized spacial score (nSPS) is 11.8. The maximum atomic E-state index is 12.0. The maximum Gasteiger partial charge on any atom is 0.330 e. The van der Waals surface area contributed by atoms with Crippen molar-refractivity contribution in [1.29, 1.82) is 0 Å². The van der Waals surface area contributed by atoms with Gasteiger partial charge in [-0.2, -0.15) is 0 Å². The zero-order chi connectivity index (χ0) is 13.8. The number of carbonyl (C=O) groups excluding carboxylic acids is 1. The fourth-order valence-electron chi connectivity index (χ4n) is 1.59. The lowest BCUT2D eigenvalue weighted by Gasteiger charge is -2.14. The zero-order valence-electron chi connectivity index (χ0n) is 9.67. The largest absolute Gasteiger partial charge is 0.479 e. The van der Waals surface area contributed by atoms with E-state index in [2.05, 4.69) is 5.32 Å². The molecule has 0 bridgehead atoms. The highest BCUT2D eigenvalue weighted by molar-refractivity contribution is 7.12. The number of hydrogen-bond acceptors (Lipinski definition) is 3. The summed E-state index contributed by atoms with van der Waals surface area (Å²) in [5.41, 5.74) is 0.510. The summed E-state index contributed by atoms with van der Waals surface area (Å²) in [6.45, 7) is 0. The van der Waals surface area contributed by atoms with Crippen molar-refractivity contribution in [2.45, 2.75) is 6.04 Å². The minimum absolute atomic E-state index is 0.309. The SMILES string of the molecule is O=C(N[C@@H](C(=O)O)c1ccccc1)c1sccc1Cl. The second-order valence-electron chi connectivity index (χ2n) is 3.75. The summed E-state index contributed by atoms with van der Waals surface area (Å²) < 4.78 is 0. The van der Waals surface area contributed by atoms with Gasteiger partial charge in [0.05, 0.1) is 5.02 Å². The molecule has 1 amide bonds. The van der Waals surface area contributed by atoms with Crippen LogP contribution in [0.2, 0.25) is 5.02 Å². The van der Waals surface area contributed by atoms with E-state index >= 15 is 0 Å². The van der Waals surface area contributed by atoms with E-state index in [1.165, 1.54) is 11.3 Å². The lowest BCUT2D eigenvalue weighted by atomic mass is 10.1. The topological polar surface area (TPSA) is 66.4 Å². The fraction of sp³-hybridized carbons (Fsp3) is 0.0769. The molecule has 0 fully saturated rings. The third-order valence-electron chi connectivity index (χ3n) is 2.48. The molecule has 2 rings (SSSR count). The number of rotatable bonds is 4. The molecule has 0 aliphatic carbocycles. The number of nitrogens with one attached hydrogen (secondary N) is 1. The van der Waals surface area contributed by atoms with Crippen molar-refractivity contribution < 1.29 is 14.7 Å². The van der Waals surface area contributed by atoms with E-state index in [1.807, 2.05) is 0 Å². The van der Waals surface area contributed by atoms with Gasteiger partial charge in [0.1, 0.15) is 4.88 Å². The number of halogens is 1. The molecule has 0 unspecified atom stereocenters. The first-order valence-electron chi connectivity index (χ1n) is 5.41. The first kappa shape index (κ1) is 13.6. The molecular weight excluding hydrogens is 286 g/mol. The molecule has 98 valence electrons. The molecule has 0 aliphatic rings. The van der Waals surface area contributed by atoms with Crippen LogP contribution in [-0.4, -0.2) is 17.0 Å². The third kappa shape index (κ3) is 3.13. The number of thiophene rings is 1. The van der Waals surface area contributed by atoms with Gasteiger partial charge in [-0.25, -0.2) is 4.79 Å². The summed E-state index contributed by atoms with van der Waals surface area (Å²) in [5.74, 6) is -1.61. The van der Waals surface area contributed by atoms with Crippen molar-refractivity contribution in [3.8, 4) is 0 Å². The number of carboxylic acid groups (broad SMARTS) is 1. The van der Waals surface area contributed by atoms with Crippen LogP contribution < -0.4 is 5.32 Å². The quantitative estimate of drug-likeness (QED) is 0.911. The predicted octanol–water partition coefficient (Wildman–Crippen LogP) is 2.96. The van der Waals surface area contributed by atoms with E-state index in [0.717, 1.165) is 0 Å². The Bertz CT molecular complexity index is 597. The van der Waals surface area contributed by atoms with Gasteiger partial charge in [-0.05, 0) is 17.0 Å². The number of carboxylic acids is 1. The lowest BCUT2D eigenvalue weighted by Crippen LogP contribution is -2.33. The minimum Gasteiger partial charge on any atom is -0.479 e. The average molecular weight is 296 g/mol. The van der Waals surface area contributed by atoms with Crippen molar-refractivity contribution in [2.24, 2.45) is 0 Å². The summed E-state index contributed by atoms with van der Waals surface area (Å²) in [6, 6.07) is 9.02. The predicted molar refractivity (Wildman–Crippen MR) is 73.6 cm³/mol. The zero-order valence-corrected chi connectivity index (χ0v) is 11.2. The molecule has 0 saturated heterocycles. The molecule has 6 heteroatoms. The van der Waals surface area contributed by atoms with E-state index in [0.29, 0.717) is 15.5 Å². The number of amides is 1. The average Bonchev–Trinajstić information content (AvgIpc) is 2.82. The summed E-state index contributed by atoms with van der Waals surface area (Å²) in [6.07, 6.45) is 0. The van der Waals surface area contributed by atoms with Crippen LogP contribution in [-0.2, 0) is 4.79 Å². The standard InChI is InChI=1S/C13H10ClNO3S/c14-9-6-7-19-11(9)12(16)15-10(13(17)18)8-4-2-1-3-5-8/h1-7,10H,(H,15,16)(H,17,18)/t10-/m1/s1. The van der Waals surface area contributed by atoms with E-state index in [9.17, 15) is 14.7 Å². The molecule has 0 spiro atoms. The summed E-state index contributed by atoms with van der Waals surface area (Å²) in [5, 5.41) is 13.7. The first-order chi connectivity index (χ1) is 9.09. The Balaban J connectivity index is 2.21. The highest BCUT2D eigenvalue weighted by Gasteiger charge is 2.23. The Morgan fingerprint density at radius 2 is 1.89 bits per heavy atom. The first-order valence-corrected chi connectivity index (χ1v) is 6.67. The number of carbonyl (C=O) groups is 2. The highest BCUT2D eigenvalue weighted by atomic mass is 35.5. The van der Waals surface area contributed by atoms with Crippen LogP contribution in [0, 0.1) is 0 Å². The number of aliphatic carboxylic acids is 1. The van der Waals surface area contributed by atoms with E-state index in [-0.39, 0.29) is 0 Å². The monoisotopic (exact) mass is 295 g/mol. The highest BCUT2D eigenvalue weighted by Crippen LogP contribution is 2.23. The van der Waals surface area contributed by atoms with Gasteiger partial charge in [0, 0.05) is 0 Å². The van der Waals surface area contributed by atoms with Gasteiger partial charge < -0.3 is 10.4 Å². The Morgan fingerprint density at radius 3 is 2.42 bits per heavy atom. The molecule has 1 aromatic carbocycles. The van der Waals surface area contributed by atoms with Gasteiger partial charge in [0.25, 0.3) is 5.91 Å². The van der Waals surface area contributed by atoms with Crippen molar-refractivity contribution in [1.82, 2.24) is 5.32 Å². The van der Waals surface area contributed by atoms with Crippen LogP contribution in [0.5, 0.6) is 0 Å². The molecule has 1 atom stereocenters. The Morgan fingerprint density at radius 1 is 1.21 bits per heavy atom. The summed E-state index contributed by atoms with van der Waals surface area (Å²) >= 11 is 7.02. The second kappa shape index (κ2) is 5.86. The Kier molecular flexibility index (Phi) is 4.19. The van der Waals surface area contributed by atoms with Crippen molar-refractivity contribution in [3.63, 3.8) is 0 Å². The van der Waals surface area contributed by atoms with E-state index < -0.39 is 17.9 Å². The fourth-order valence-corrected chi connectivity index (χ4v) is 2.63. The third-order valence-corrected chi connectivity index (χ3v) is 3.82. The van der Waals surface area contributed by atoms with E-state index in [4.69, 9.17) is 11.6 Å². The van der Waals surface area contributed by atoms with Gasteiger partial charge in [0.2, 0.25) is 0 Å². The van der Waals surface area contributed by atoms with Crippen molar-refractivity contribution >= 4 is 34.8 Å². The maximum absolute atomic E-state index is 12.0. The molecule has 1 aromatic heterocycles. The number of benzene rings is 1.